The SMILES string of the molecule is CNC([C-]=O)CCc1cc(OC)ccc1OC.[W]. The molecule has 0 saturated carbocycles. The Bertz CT molecular complexity index is 371. The van der Waals surface area contributed by atoms with Crippen LogP contribution in [0.25, 0.3) is 0 Å². The van der Waals surface area contributed by atoms with Crippen LogP contribution in [0.5, 0.6) is 11.5 Å². The summed E-state index contributed by atoms with van der Waals surface area (Å²) in [5, 5.41) is 2.89. The summed E-state index contributed by atoms with van der Waals surface area (Å²) in [6.45, 7) is 0. The Kier molecular flexibility index (Phi) is 8.68. The molecule has 1 rings (SSSR count). The van der Waals surface area contributed by atoms with Gasteiger partial charge in [0.15, 0.2) is 0 Å². The molecule has 0 amide bonds. The Hall–Kier alpha value is -0.862. The second kappa shape index (κ2) is 9.12. The van der Waals surface area contributed by atoms with Gasteiger partial charge in [-0.3, -0.25) is 0 Å². The van der Waals surface area contributed by atoms with Crippen LogP contribution in [-0.4, -0.2) is 33.6 Å². The summed E-state index contributed by atoms with van der Waals surface area (Å²) in [5.74, 6) is 1.60. The van der Waals surface area contributed by atoms with Crippen molar-refractivity contribution in [2.75, 3.05) is 21.3 Å². The molecule has 0 radical (unpaired) electrons. The van der Waals surface area contributed by atoms with Crippen molar-refractivity contribution in [2.45, 2.75) is 18.9 Å². The van der Waals surface area contributed by atoms with Gasteiger partial charge in [-0.05, 0) is 37.2 Å². The third kappa shape index (κ3) is 4.79. The number of aryl methyl sites for hydroxylation is 1. The minimum absolute atomic E-state index is 0. The van der Waals surface area contributed by atoms with Crippen LogP contribution >= 0.6 is 0 Å². The predicted octanol–water partition coefficient (Wildman–Crippen LogP) is 1.33. The van der Waals surface area contributed by atoms with Gasteiger partial charge in [0.25, 0.3) is 0 Å². The molecule has 0 aliphatic heterocycles. The maximum atomic E-state index is 10.6. The zero-order chi connectivity index (χ0) is 12.7. The van der Waals surface area contributed by atoms with E-state index in [-0.39, 0.29) is 27.1 Å². The van der Waals surface area contributed by atoms with Crippen LogP contribution < -0.4 is 14.8 Å². The summed E-state index contributed by atoms with van der Waals surface area (Å²) >= 11 is 0. The summed E-state index contributed by atoms with van der Waals surface area (Å²) in [4.78, 5) is 10.6. The summed E-state index contributed by atoms with van der Waals surface area (Å²) in [7, 11) is 5.01. The van der Waals surface area contributed by atoms with Crippen molar-refractivity contribution in [1.82, 2.24) is 5.32 Å². The maximum absolute atomic E-state index is 10.6. The van der Waals surface area contributed by atoms with Crippen LogP contribution in [0.2, 0.25) is 0 Å². The smallest absolute Gasteiger partial charge is 0.122 e. The quantitative estimate of drug-likeness (QED) is 0.677. The van der Waals surface area contributed by atoms with Gasteiger partial charge < -0.3 is 19.6 Å². The minimum Gasteiger partial charge on any atom is -0.540 e. The molecule has 0 spiro atoms. The van der Waals surface area contributed by atoms with E-state index in [0.29, 0.717) is 6.42 Å². The van der Waals surface area contributed by atoms with Crippen molar-refractivity contribution in [3.05, 3.63) is 23.8 Å². The van der Waals surface area contributed by atoms with Gasteiger partial charge in [0.1, 0.15) is 11.5 Å². The fourth-order valence-corrected chi connectivity index (χ4v) is 1.64. The van der Waals surface area contributed by atoms with Crippen molar-refractivity contribution in [3.8, 4) is 11.5 Å². The largest absolute Gasteiger partial charge is 0.540 e. The predicted molar refractivity (Wildman–Crippen MR) is 66.4 cm³/mol. The Labute approximate surface area is 122 Å². The normalized spacial score (nSPS) is 11.3. The average Bonchev–Trinajstić information content (AvgIpc) is 2.39. The van der Waals surface area contributed by atoms with Crippen molar-refractivity contribution < 1.29 is 35.3 Å². The number of hydrogen-bond acceptors (Lipinski definition) is 4. The number of nitrogens with one attached hydrogen (secondary N) is 1. The molecule has 1 aromatic carbocycles. The molecule has 0 heterocycles. The molecule has 1 N–H and O–H groups in total. The molecular weight excluding hydrogens is 402 g/mol. The van der Waals surface area contributed by atoms with Gasteiger partial charge in [-0.1, -0.05) is 12.5 Å². The molecule has 100 valence electrons. The van der Waals surface area contributed by atoms with E-state index in [1.165, 1.54) is 0 Å². The van der Waals surface area contributed by atoms with Gasteiger partial charge in [0.2, 0.25) is 0 Å². The fraction of sp³-hybridized carbons (Fsp3) is 0.462. The van der Waals surface area contributed by atoms with Gasteiger partial charge in [-0.25, -0.2) is 6.29 Å². The van der Waals surface area contributed by atoms with Crippen LogP contribution in [0.3, 0.4) is 0 Å². The molecule has 0 fully saturated rings. The number of benzene rings is 1. The topological polar surface area (TPSA) is 47.6 Å². The second-order valence-electron chi connectivity index (χ2n) is 3.68. The summed E-state index contributed by atoms with van der Waals surface area (Å²) in [5.41, 5.74) is 1.03. The zero-order valence-electron chi connectivity index (χ0n) is 10.9. The number of likely N-dealkylation sites (N-methyl/N-ethyl adjacent to an activating group) is 1. The van der Waals surface area contributed by atoms with E-state index in [1.54, 1.807) is 21.3 Å². The number of hydrogen-bond donors (Lipinski definition) is 1. The first kappa shape index (κ1) is 17.1. The zero-order valence-corrected chi connectivity index (χ0v) is 13.8. The number of ether oxygens (including phenoxy) is 2. The van der Waals surface area contributed by atoms with Crippen molar-refractivity contribution >= 4 is 6.29 Å². The Morgan fingerprint density at radius 3 is 2.56 bits per heavy atom. The van der Waals surface area contributed by atoms with E-state index >= 15 is 0 Å². The first-order valence-electron chi connectivity index (χ1n) is 5.51. The van der Waals surface area contributed by atoms with Gasteiger partial charge in [-0.15, -0.1) is 0 Å². The molecule has 5 heteroatoms. The molecular formula is C13H18NO3W-. The Balaban J connectivity index is 0.00000289. The minimum atomic E-state index is -0.245. The van der Waals surface area contributed by atoms with Crippen LogP contribution in [0.15, 0.2) is 18.2 Å². The van der Waals surface area contributed by atoms with E-state index < -0.39 is 0 Å². The fourth-order valence-electron chi connectivity index (χ4n) is 1.64. The van der Waals surface area contributed by atoms with Crippen LogP contribution in [0, 0.1) is 0 Å². The van der Waals surface area contributed by atoms with Crippen molar-refractivity contribution in [3.63, 3.8) is 0 Å². The number of rotatable bonds is 7. The average molecular weight is 420 g/mol. The Morgan fingerprint density at radius 1 is 1.33 bits per heavy atom. The van der Waals surface area contributed by atoms with Crippen molar-refractivity contribution in [1.29, 1.82) is 0 Å². The Morgan fingerprint density at radius 2 is 2.06 bits per heavy atom. The molecule has 0 aliphatic carbocycles. The standard InChI is InChI=1S/C13H18NO3.W/c1-14-11(9-15)5-4-10-8-12(16-2)6-7-13(10)17-3;/h6-8,11,14H,4-5H2,1-3H3;/q-1;. The van der Waals surface area contributed by atoms with Gasteiger partial charge in [0, 0.05) is 21.1 Å². The third-order valence-corrected chi connectivity index (χ3v) is 2.68. The summed E-state index contributed by atoms with van der Waals surface area (Å²) < 4.78 is 10.4. The van der Waals surface area contributed by atoms with E-state index in [4.69, 9.17) is 9.47 Å². The van der Waals surface area contributed by atoms with Crippen molar-refractivity contribution in [2.24, 2.45) is 0 Å². The molecule has 1 aromatic rings. The molecule has 0 aliphatic rings. The molecule has 0 bridgehead atoms. The van der Waals surface area contributed by atoms with Gasteiger partial charge in [-0.2, -0.15) is 0 Å². The van der Waals surface area contributed by atoms with Crippen LogP contribution in [0.1, 0.15) is 12.0 Å². The molecule has 1 unspecified atom stereocenters. The van der Waals surface area contributed by atoms with E-state index in [0.717, 1.165) is 23.5 Å². The first-order chi connectivity index (χ1) is 8.24. The molecule has 4 nitrogen and oxygen atoms in total. The van der Waals surface area contributed by atoms with E-state index in [2.05, 4.69) is 5.32 Å². The van der Waals surface area contributed by atoms with Gasteiger partial charge >= 0.3 is 0 Å². The van der Waals surface area contributed by atoms with E-state index in [9.17, 15) is 4.79 Å². The summed E-state index contributed by atoms with van der Waals surface area (Å²) in [6.07, 6.45) is 3.38. The number of methoxy groups -OCH3 is 2. The van der Waals surface area contributed by atoms with Gasteiger partial charge in [0.05, 0.1) is 14.2 Å². The second-order valence-corrected chi connectivity index (χ2v) is 3.68. The monoisotopic (exact) mass is 420 g/mol. The number of carbonyl (C=O) groups excluding carboxylic acids is 1. The van der Waals surface area contributed by atoms with Crippen LogP contribution in [0.4, 0.5) is 0 Å². The summed E-state index contributed by atoms with van der Waals surface area (Å²) in [6, 6.07) is 5.40. The molecule has 1 atom stereocenters. The molecule has 18 heavy (non-hydrogen) atoms. The van der Waals surface area contributed by atoms with Crippen LogP contribution in [-0.2, 0) is 32.3 Å². The first-order valence-corrected chi connectivity index (χ1v) is 5.51. The van der Waals surface area contributed by atoms with E-state index in [1.807, 2.05) is 24.5 Å². The maximum Gasteiger partial charge on any atom is 0.122 e. The molecule has 0 saturated heterocycles. The third-order valence-electron chi connectivity index (χ3n) is 2.68. The molecule has 0 aromatic heterocycles.